The zero-order chi connectivity index (χ0) is 11.9. The number of unbranched alkanes of at least 4 members (excludes halogenated alkanes) is 1. The largest absolute Gasteiger partial charge is 0.464 e. The van der Waals surface area contributed by atoms with Crippen molar-refractivity contribution in [3.05, 3.63) is 0 Å². The van der Waals surface area contributed by atoms with Crippen molar-refractivity contribution >= 4 is 5.97 Å². The maximum atomic E-state index is 12.0. The molecule has 0 aromatic heterocycles. The van der Waals surface area contributed by atoms with Crippen molar-refractivity contribution in [2.24, 2.45) is 0 Å². The molecule has 1 saturated carbocycles. The van der Waals surface area contributed by atoms with E-state index < -0.39 is 5.60 Å². The fraction of sp³-hybridized carbons (Fsp3) is 0.923. The van der Waals surface area contributed by atoms with Crippen LogP contribution in [0.4, 0.5) is 0 Å². The number of hydrogen-bond donors (Lipinski definition) is 0. The van der Waals surface area contributed by atoms with Gasteiger partial charge in [0.15, 0.2) is 5.60 Å². The smallest absolute Gasteiger partial charge is 0.338 e. The van der Waals surface area contributed by atoms with E-state index in [2.05, 4.69) is 6.92 Å². The maximum absolute atomic E-state index is 12.0. The van der Waals surface area contributed by atoms with E-state index in [0.717, 1.165) is 38.5 Å². The Morgan fingerprint density at radius 1 is 1.19 bits per heavy atom. The van der Waals surface area contributed by atoms with Gasteiger partial charge >= 0.3 is 5.97 Å². The molecule has 0 N–H and O–H groups in total. The van der Waals surface area contributed by atoms with Crippen LogP contribution in [-0.2, 0) is 14.3 Å². The lowest BCUT2D eigenvalue weighted by Gasteiger charge is -2.34. The summed E-state index contributed by atoms with van der Waals surface area (Å²) in [5.41, 5.74) is -0.622. The van der Waals surface area contributed by atoms with Gasteiger partial charge in [-0.25, -0.2) is 4.79 Å². The Bertz CT molecular complexity index is 207. The second-order valence-corrected chi connectivity index (χ2v) is 4.48. The molecule has 16 heavy (non-hydrogen) atoms. The third-order valence-electron chi connectivity index (χ3n) is 3.18. The summed E-state index contributed by atoms with van der Waals surface area (Å²) in [5, 5.41) is 0. The molecule has 0 radical (unpaired) electrons. The van der Waals surface area contributed by atoms with Crippen LogP contribution in [0.25, 0.3) is 0 Å². The molecule has 1 fully saturated rings. The molecule has 0 spiro atoms. The summed E-state index contributed by atoms with van der Waals surface area (Å²) in [5.74, 6) is -0.147. The summed E-state index contributed by atoms with van der Waals surface area (Å²) in [7, 11) is 0. The topological polar surface area (TPSA) is 35.5 Å². The Morgan fingerprint density at radius 2 is 1.88 bits per heavy atom. The molecule has 0 heterocycles. The zero-order valence-electron chi connectivity index (χ0n) is 10.6. The first-order chi connectivity index (χ1) is 7.75. The van der Waals surface area contributed by atoms with Gasteiger partial charge in [-0.2, -0.15) is 0 Å². The van der Waals surface area contributed by atoms with Crippen LogP contribution >= 0.6 is 0 Å². The van der Waals surface area contributed by atoms with Gasteiger partial charge in [-0.1, -0.05) is 19.8 Å². The normalized spacial score (nSPS) is 19.4. The number of ether oxygens (including phenoxy) is 2. The number of hydrogen-bond acceptors (Lipinski definition) is 3. The van der Waals surface area contributed by atoms with Crippen LogP contribution in [0.15, 0.2) is 0 Å². The Hall–Kier alpha value is -0.570. The molecule has 0 aromatic carbocycles. The lowest BCUT2D eigenvalue weighted by molar-refractivity contribution is -0.177. The second-order valence-electron chi connectivity index (χ2n) is 4.48. The van der Waals surface area contributed by atoms with Crippen molar-refractivity contribution < 1.29 is 14.3 Å². The molecule has 0 amide bonds. The maximum Gasteiger partial charge on any atom is 0.338 e. The number of carbonyl (C=O) groups excluding carboxylic acids is 1. The van der Waals surface area contributed by atoms with Gasteiger partial charge in [-0.05, 0) is 39.0 Å². The van der Waals surface area contributed by atoms with Crippen molar-refractivity contribution in [3.63, 3.8) is 0 Å². The molecule has 1 rings (SSSR count). The highest BCUT2D eigenvalue weighted by atomic mass is 16.6. The minimum absolute atomic E-state index is 0.147. The molecule has 0 bridgehead atoms. The standard InChI is InChI=1S/C13H24O3/c1-3-5-11-16-13(12(14)15-4-2)9-7-6-8-10-13/h3-11H2,1-2H3. The molecule has 94 valence electrons. The highest BCUT2D eigenvalue weighted by Crippen LogP contribution is 2.33. The predicted octanol–water partition coefficient (Wildman–Crippen LogP) is 3.07. The van der Waals surface area contributed by atoms with Gasteiger partial charge in [0.25, 0.3) is 0 Å². The Morgan fingerprint density at radius 3 is 2.44 bits per heavy atom. The van der Waals surface area contributed by atoms with E-state index >= 15 is 0 Å². The lowest BCUT2D eigenvalue weighted by atomic mass is 9.84. The molecule has 0 aromatic rings. The van der Waals surface area contributed by atoms with Gasteiger partial charge < -0.3 is 9.47 Å². The molecular formula is C13H24O3. The molecule has 0 aliphatic heterocycles. The van der Waals surface area contributed by atoms with E-state index in [1.807, 2.05) is 6.92 Å². The fourth-order valence-electron chi connectivity index (χ4n) is 2.20. The van der Waals surface area contributed by atoms with Crippen molar-refractivity contribution in [1.29, 1.82) is 0 Å². The first-order valence-corrected chi connectivity index (χ1v) is 6.56. The minimum Gasteiger partial charge on any atom is -0.464 e. The Kier molecular flexibility index (Phi) is 5.81. The van der Waals surface area contributed by atoms with Gasteiger partial charge in [-0.15, -0.1) is 0 Å². The molecule has 3 nitrogen and oxygen atoms in total. The van der Waals surface area contributed by atoms with E-state index in [4.69, 9.17) is 9.47 Å². The van der Waals surface area contributed by atoms with Gasteiger partial charge in [0.1, 0.15) is 0 Å². The zero-order valence-corrected chi connectivity index (χ0v) is 10.6. The molecule has 1 aliphatic carbocycles. The second kappa shape index (κ2) is 6.89. The van der Waals surface area contributed by atoms with E-state index in [1.165, 1.54) is 6.42 Å². The average Bonchev–Trinajstić information content (AvgIpc) is 2.31. The molecule has 1 aliphatic rings. The summed E-state index contributed by atoms with van der Waals surface area (Å²) in [6.45, 7) is 5.09. The number of esters is 1. The third kappa shape index (κ3) is 3.48. The molecule has 0 unspecified atom stereocenters. The van der Waals surface area contributed by atoms with Crippen molar-refractivity contribution in [1.82, 2.24) is 0 Å². The molecule has 0 atom stereocenters. The van der Waals surface area contributed by atoms with E-state index in [9.17, 15) is 4.79 Å². The first kappa shape index (κ1) is 13.5. The highest BCUT2D eigenvalue weighted by Gasteiger charge is 2.41. The predicted molar refractivity (Wildman–Crippen MR) is 63.3 cm³/mol. The fourth-order valence-corrected chi connectivity index (χ4v) is 2.20. The van der Waals surface area contributed by atoms with Gasteiger partial charge in [0.2, 0.25) is 0 Å². The number of carbonyl (C=O) groups is 1. The SMILES string of the molecule is CCCCOC1(C(=O)OCC)CCCCC1. The van der Waals surface area contributed by atoms with Crippen LogP contribution in [-0.4, -0.2) is 24.8 Å². The van der Waals surface area contributed by atoms with Crippen LogP contribution in [0.1, 0.15) is 58.8 Å². The Balaban J connectivity index is 2.55. The summed E-state index contributed by atoms with van der Waals surface area (Å²) < 4.78 is 11.0. The summed E-state index contributed by atoms with van der Waals surface area (Å²) >= 11 is 0. The average molecular weight is 228 g/mol. The lowest BCUT2D eigenvalue weighted by Crippen LogP contribution is -2.45. The Labute approximate surface area is 98.5 Å². The quantitative estimate of drug-likeness (QED) is 0.517. The molecular weight excluding hydrogens is 204 g/mol. The molecule has 0 saturated heterocycles. The van der Waals surface area contributed by atoms with Crippen molar-refractivity contribution in [2.45, 2.75) is 64.4 Å². The van der Waals surface area contributed by atoms with Crippen LogP contribution in [0.3, 0.4) is 0 Å². The van der Waals surface area contributed by atoms with Crippen molar-refractivity contribution in [3.8, 4) is 0 Å². The van der Waals surface area contributed by atoms with E-state index in [0.29, 0.717) is 13.2 Å². The highest BCUT2D eigenvalue weighted by molar-refractivity contribution is 5.79. The van der Waals surface area contributed by atoms with Crippen LogP contribution in [0.2, 0.25) is 0 Å². The molecule has 3 heteroatoms. The van der Waals surface area contributed by atoms with Crippen molar-refractivity contribution in [2.75, 3.05) is 13.2 Å². The van der Waals surface area contributed by atoms with Crippen LogP contribution < -0.4 is 0 Å². The van der Waals surface area contributed by atoms with Gasteiger partial charge in [-0.3, -0.25) is 0 Å². The van der Waals surface area contributed by atoms with Crippen LogP contribution in [0, 0.1) is 0 Å². The summed E-state index contributed by atoms with van der Waals surface area (Å²) in [6, 6.07) is 0. The monoisotopic (exact) mass is 228 g/mol. The van der Waals surface area contributed by atoms with E-state index in [-0.39, 0.29) is 5.97 Å². The first-order valence-electron chi connectivity index (χ1n) is 6.56. The van der Waals surface area contributed by atoms with E-state index in [1.54, 1.807) is 0 Å². The summed E-state index contributed by atoms with van der Waals surface area (Å²) in [4.78, 5) is 12.0. The third-order valence-corrected chi connectivity index (χ3v) is 3.18. The van der Waals surface area contributed by atoms with Gasteiger partial charge in [0, 0.05) is 6.61 Å². The van der Waals surface area contributed by atoms with Crippen LogP contribution in [0.5, 0.6) is 0 Å². The minimum atomic E-state index is -0.622. The number of rotatable bonds is 6. The van der Waals surface area contributed by atoms with Gasteiger partial charge in [0.05, 0.1) is 6.61 Å². The summed E-state index contributed by atoms with van der Waals surface area (Å²) in [6.07, 6.45) is 7.12.